The van der Waals surface area contributed by atoms with Crippen LogP contribution in [0.3, 0.4) is 0 Å². The molecule has 132 valence electrons. The first kappa shape index (κ1) is 17.5. The second-order valence-electron chi connectivity index (χ2n) is 6.22. The lowest BCUT2D eigenvalue weighted by molar-refractivity contribution is 0.380. The summed E-state index contributed by atoms with van der Waals surface area (Å²) in [5.74, 6) is 0.951. The number of hydrogen-bond acceptors (Lipinski definition) is 7. The van der Waals surface area contributed by atoms with Crippen molar-refractivity contribution in [1.82, 2.24) is 30.3 Å². The van der Waals surface area contributed by atoms with Gasteiger partial charge in [0, 0.05) is 12.1 Å². The summed E-state index contributed by atoms with van der Waals surface area (Å²) >= 11 is 1.44. The van der Waals surface area contributed by atoms with Crippen LogP contribution in [0.25, 0.3) is 11.4 Å². The number of tetrazole rings is 1. The fourth-order valence-corrected chi connectivity index (χ4v) is 3.03. The maximum absolute atomic E-state index is 13.7. The molecule has 0 saturated carbocycles. The lowest BCUT2D eigenvalue weighted by Crippen LogP contribution is -2.08. The molecule has 3 aromatic rings. The Morgan fingerprint density at radius 1 is 1.28 bits per heavy atom. The third-order valence-electron chi connectivity index (χ3n) is 3.54. The summed E-state index contributed by atoms with van der Waals surface area (Å²) in [6, 6.07) is 4.87. The minimum absolute atomic E-state index is 0.131. The molecule has 3 rings (SSSR count). The van der Waals surface area contributed by atoms with Crippen molar-refractivity contribution in [3.8, 4) is 11.4 Å². The van der Waals surface area contributed by atoms with Crippen LogP contribution in [0.4, 0.5) is 4.39 Å². The number of hydrogen-bond donors (Lipinski definition) is 0. The zero-order valence-electron chi connectivity index (χ0n) is 14.5. The number of halogens is 1. The summed E-state index contributed by atoms with van der Waals surface area (Å²) in [6.07, 6.45) is 0. The molecule has 2 aromatic heterocycles. The van der Waals surface area contributed by atoms with Gasteiger partial charge >= 0.3 is 0 Å². The normalized spacial score (nSPS) is 12.7. The van der Waals surface area contributed by atoms with Crippen molar-refractivity contribution in [3.05, 3.63) is 35.5 Å². The third-order valence-corrected chi connectivity index (χ3v) is 4.60. The Morgan fingerprint density at radius 2 is 2.08 bits per heavy atom. The Labute approximate surface area is 149 Å². The number of aryl methyl sites for hydroxylation is 1. The van der Waals surface area contributed by atoms with E-state index in [4.69, 9.17) is 4.52 Å². The quantitative estimate of drug-likeness (QED) is 0.619. The molecule has 0 saturated heterocycles. The molecule has 25 heavy (non-hydrogen) atoms. The second kappa shape index (κ2) is 7.30. The van der Waals surface area contributed by atoms with Crippen molar-refractivity contribution in [2.24, 2.45) is 5.92 Å². The predicted octanol–water partition coefficient (Wildman–Crippen LogP) is 3.68. The van der Waals surface area contributed by atoms with Crippen LogP contribution < -0.4 is 0 Å². The number of benzene rings is 1. The van der Waals surface area contributed by atoms with Gasteiger partial charge in [-0.05, 0) is 41.8 Å². The average Bonchev–Trinajstić information content (AvgIpc) is 3.20. The average molecular weight is 362 g/mol. The van der Waals surface area contributed by atoms with E-state index in [1.54, 1.807) is 23.7 Å². The van der Waals surface area contributed by atoms with Crippen LogP contribution in [0.1, 0.15) is 37.5 Å². The van der Waals surface area contributed by atoms with E-state index in [-0.39, 0.29) is 11.1 Å². The zero-order valence-corrected chi connectivity index (χ0v) is 15.3. The summed E-state index contributed by atoms with van der Waals surface area (Å²) < 4.78 is 20.8. The Bertz CT molecular complexity index is 862. The van der Waals surface area contributed by atoms with Crippen LogP contribution in [0.15, 0.2) is 27.9 Å². The monoisotopic (exact) mass is 362 g/mol. The van der Waals surface area contributed by atoms with Crippen molar-refractivity contribution >= 4 is 11.8 Å². The van der Waals surface area contributed by atoms with Gasteiger partial charge < -0.3 is 4.52 Å². The van der Waals surface area contributed by atoms with Crippen LogP contribution >= 0.6 is 11.8 Å². The van der Waals surface area contributed by atoms with Crippen LogP contribution in [0.5, 0.6) is 0 Å². The molecule has 0 radical (unpaired) electrons. The van der Waals surface area contributed by atoms with Gasteiger partial charge in [-0.15, -0.1) is 5.10 Å². The first-order chi connectivity index (χ1) is 11.9. The SMILES string of the molecule is Cc1ccc(-c2noc(C(C)Sc3nnnn3CC(C)C)n2)cc1F. The summed E-state index contributed by atoms with van der Waals surface area (Å²) in [6.45, 7) is 8.59. The number of rotatable bonds is 6. The first-order valence-corrected chi connectivity index (χ1v) is 8.85. The smallest absolute Gasteiger partial charge is 0.240 e. The summed E-state index contributed by atoms with van der Waals surface area (Å²) in [5, 5.41) is 16.3. The molecule has 9 heteroatoms. The molecule has 0 spiro atoms. The Kier molecular flexibility index (Phi) is 5.12. The summed E-state index contributed by atoms with van der Waals surface area (Å²) in [7, 11) is 0. The van der Waals surface area contributed by atoms with Crippen molar-refractivity contribution in [1.29, 1.82) is 0 Å². The van der Waals surface area contributed by atoms with Gasteiger partial charge in [-0.3, -0.25) is 0 Å². The van der Waals surface area contributed by atoms with Gasteiger partial charge in [-0.1, -0.05) is 42.9 Å². The number of thioether (sulfide) groups is 1. The fraction of sp³-hybridized carbons (Fsp3) is 0.438. The summed E-state index contributed by atoms with van der Waals surface area (Å²) in [4.78, 5) is 4.38. The van der Waals surface area contributed by atoms with E-state index in [9.17, 15) is 4.39 Å². The predicted molar refractivity (Wildman–Crippen MR) is 91.4 cm³/mol. The largest absolute Gasteiger partial charge is 0.338 e. The van der Waals surface area contributed by atoms with Gasteiger partial charge in [-0.25, -0.2) is 9.07 Å². The number of nitrogens with zero attached hydrogens (tertiary/aromatic N) is 6. The summed E-state index contributed by atoms with van der Waals surface area (Å²) in [5.41, 5.74) is 1.16. The maximum atomic E-state index is 13.7. The van der Waals surface area contributed by atoms with Crippen LogP contribution in [0.2, 0.25) is 0 Å². The van der Waals surface area contributed by atoms with Gasteiger partial charge in [0.25, 0.3) is 0 Å². The Balaban J connectivity index is 1.75. The lowest BCUT2D eigenvalue weighted by Gasteiger charge is -2.08. The fourth-order valence-electron chi connectivity index (χ4n) is 2.20. The van der Waals surface area contributed by atoms with Gasteiger partial charge in [0.2, 0.25) is 16.9 Å². The molecule has 7 nitrogen and oxygen atoms in total. The van der Waals surface area contributed by atoms with E-state index in [0.29, 0.717) is 33.9 Å². The Hall–Kier alpha value is -2.29. The highest BCUT2D eigenvalue weighted by atomic mass is 32.2. The number of aromatic nitrogens is 6. The minimum atomic E-state index is -0.292. The maximum Gasteiger partial charge on any atom is 0.240 e. The molecule has 1 atom stereocenters. The lowest BCUT2D eigenvalue weighted by atomic mass is 10.1. The standard InChI is InChI=1S/C16H19FN6OS/c1-9(2)8-23-16(19-21-22-23)25-11(4)15-18-14(20-24-15)12-6-5-10(3)13(17)7-12/h5-7,9,11H,8H2,1-4H3. The third kappa shape index (κ3) is 4.04. The molecule has 0 aliphatic carbocycles. The van der Waals surface area contributed by atoms with Crippen LogP contribution in [-0.2, 0) is 6.54 Å². The highest BCUT2D eigenvalue weighted by Crippen LogP contribution is 2.33. The van der Waals surface area contributed by atoms with Crippen LogP contribution in [-0.4, -0.2) is 30.3 Å². The van der Waals surface area contributed by atoms with E-state index in [1.807, 2.05) is 6.92 Å². The molecule has 1 aromatic carbocycles. The molecule has 0 aliphatic heterocycles. The molecule has 0 aliphatic rings. The van der Waals surface area contributed by atoms with Crippen molar-refractivity contribution in [2.45, 2.75) is 44.6 Å². The van der Waals surface area contributed by atoms with Crippen molar-refractivity contribution < 1.29 is 8.91 Å². The van der Waals surface area contributed by atoms with Crippen molar-refractivity contribution in [3.63, 3.8) is 0 Å². The first-order valence-electron chi connectivity index (χ1n) is 7.97. The van der Waals surface area contributed by atoms with E-state index >= 15 is 0 Å². The van der Waals surface area contributed by atoms with E-state index in [2.05, 4.69) is 39.5 Å². The van der Waals surface area contributed by atoms with Gasteiger partial charge in [0.05, 0.1) is 5.25 Å². The molecule has 0 amide bonds. The highest BCUT2D eigenvalue weighted by molar-refractivity contribution is 7.99. The second-order valence-corrected chi connectivity index (χ2v) is 7.53. The molecular formula is C16H19FN6OS. The molecule has 0 N–H and O–H groups in total. The molecule has 0 fully saturated rings. The van der Waals surface area contributed by atoms with E-state index < -0.39 is 0 Å². The topological polar surface area (TPSA) is 82.5 Å². The zero-order chi connectivity index (χ0) is 18.0. The molecule has 2 heterocycles. The van der Waals surface area contributed by atoms with E-state index in [1.165, 1.54) is 17.8 Å². The Morgan fingerprint density at radius 3 is 2.80 bits per heavy atom. The van der Waals surface area contributed by atoms with Gasteiger partial charge in [0.15, 0.2) is 0 Å². The molecular weight excluding hydrogens is 343 g/mol. The van der Waals surface area contributed by atoms with Gasteiger partial charge in [0.1, 0.15) is 5.82 Å². The van der Waals surface area contributed by atoms with Gasteiger partial charge in [-0.2, -0.15) is 4.98 Å². The van der Waals surface area contributed by atoms with Crippen LogP contribution in [0, 0.1) is 18.7 Å². The molecule has 1 unspecified atom stereocenters. The molecule has 0 bridgehead atoms. The van der Waals surface area contributed by atoms with E-state index in [0.717, 1.165) is 6.54 Å². The highest BCUT2D eigenvalue weighted by Gasteiger charge is 2.20. The minimum Gasteiger partial charge on any atom is -0.338 e. The van der Waals surface area contributed by atoms with Crippen molar-refractivity contribution in [2.75, 3.05) is 0 Å².